The molecule has 4 heterocycles. The van der Waals surface area contributed by atoms with Gasteiger partial charge in [-0.15, -0.1) is 0 Å². The lowest BCUT2D eigenvalue weighted by molar-refractivity contribution is -0.139. The van der Waals surface area contributed by atoms with Crippen LogP contribution in [0, 0.1) is 47.8 Å². The average molecular weight is 1220 g/mol. The van der Waals surface area contributed by atoms with Crippen LogP contribution in [0.1, 0.15) is 90.5 Å². The van der Waals surface area contributed by atoms with Crippen LogP contribution in [0.25, 0.3) is 0 Å². The molecule has 0 saturated carbocycles. The van der Waals surface area contributed by atoms with Gasteiger partial charge in [0, 0.05) is 34.9 Å². The van der Waals surface area contributed by atoms with E-state index in [0.717, 1.165) is 22.5 Å². The number of carboxylic acid groups (broad SMARTS) is 1. The number of ether oxygens (including phenoxy) is 5. The van der Waals surface area contributed by atoms with Crippen molar-refractivity contribution < 1.29 is 38.4 Å². The molecule has 2 aliphatic rings. The molecular formula is C47H50I3N7O8. The van der Waals surface area contributed by atoms with Gasteiger partial charge in [0.2, 0.25) is 11.8 Å². The molecule has 18 heteroatoms. The molecule has 2 aromatic heterocycles. The second-order valence-corrected chi connectivity index (χ2v) is 18.2. The van der Waals surface area contributed by atoms with Gasteiger partial charge in [-0.25, -0.2) is 19.6 Å². The van der Waals surface area contributed by atoms with Crippen molar-refractivity contribution in [2.75, 3.05) is 52.0 Å². The maximum absolute atomic E-state index is 13.2. The van der Waals surface area contributed by atoms with Crippen LogP contribution in [0.5, 0.6) is 23.3 Å². The fraction of sp³-hybridized carbons (Fsp3) is 0.340. The smallest absolute Gasteiger partial charge is 0.336 e. The summed E-state index contributed by atoms with van der Waals surface area (Å²) >= 11 is 6.70. The maximum Gasteiger partial charge on any atom is 0.336 e. The van der Waals surface area contributed by atoms with E-state index in [1.807, 2.05) is 38.7 Å². The molecule has 0 amide bonds. The first kappa shape index (κ1) is 54.0. The van der Waals surface area contributed by atoms with Crippen LogP contribution in [0.15, 0.2) is 71.3 Å². The number of esters is 1. The fourth-order valence-electron chi connectivity index (χ4n) is 7.30. The largest absolute Gasteiger partial charge is 0.496 e. The Hall–Kier alpha value is -5.38. The van der Waals surface area contributed by atoms with Crippen LogP contribution in [-0.2, 0) is 14.3 Å². The molecule has 3 N–H and O–H groups in total. The second kappa shape index (κ2) is 26.5. The number of alkyl halides is 3. The summed E-state index contributed by atoms with van der Waals surface area (Å²) in [7, 11) is 3.01. The zero-order valence-electron chi connectivity index (χ0n) is 37.5. The summed E-state index contributed by atoms with van der Waals surface area (Å²) in [5.74, 6) is -1.20. The molecule has 0 fully saturated rings. The summed E-state index contributed by atoms with van der Waals surface area (Å²) in [6.07, 6.45) is 3.51. The minimum absolute atomic E-state index is 0.0133. The highest BCUT2D eigenvalue weighted by atomic mass is 127. The summed E-state index contributed by atoms with van der Waals surface area (Å²) < 4.78 is 29.2. The molecule has 4 aromatic rings. The molecule has 2 aromatic carbocycles. The van der Waals surface area contributed by atoms with E-state index in [1.165, 1.54) is 16.7 Å². The number of nitrogens with zero attached hydrogens (tertiary/aromatic N) is 5. The zero-order valence-corrected chi connectivity index (χ0v) is 44.0. The molecule has 0 aliphatic carbocycles. The van der Waals surface area contributed by atoms with Gasteiger partial charge < -0.3 is 39.4 Å². The number of carbonyl (C=O) groups is 2. The number of nitrogens with one attached hydrogen (secondary N) is 2. The van der Waals surface area contributed by atoms with Gasteiger partial charge in [0.1, 0.15) is 18.1 Å². The Morgan fingerprint density at radius 1 is 0.738 bits per heavy atom. The molecule has 6 rings (SSSR count). The summed E-state index contributed by atoms with van der Waals surface area (Å²) in [6, 6.07) is 16.2. The van der Waals surface area contributed by atoms with Crippen LogP contribution >= 0.6 is 67.8 Å². The number of aromatic nitrogens is 2. The maximum atomic E-state index is 13.2. The Morgan fingerprint density at radius 3 is 1.52 bits per heavy atom. The number of carbonyl (C=O) groups excluding carboxylic acids is 1. The summed E-state index contributed by atoms with van der Waals surface area (Å²) in [5.41, 5.74) is 8.55. The Labute approximate surface area is 421 Å². The standard InChI is InChI=1S/C24H24N4O4.C21H21N3O4.CH2I2.CH3I/c1-5-31-23-21-20(17-8-7-16(12-26)11-18(17)30-4)19(24(29)32-10-6-9-25)15(3)28-22(21)14(2)13-27-23;1-5-28-20-18-17(14-7-6-13(9-22)8-15(14)27-4)16(21(25)26)12(3)24-19(18)11(2)10-23-20;2-1-3;1-2/h7-8,11,13,20,28H,5-6,10H2,1-4H3;6-8,10,17,24H,5H2,1-4H3,(H,25,26);1H2;1H3. The molecule has 0 saturated heterocycles. The van der Waals surface area contributed by atoms with Gasteiger partial charge in [-0.05, 0) is 81.9 Å². The number of methoxy groups -OCH3 is 2. The number of carboxylic acids is 1. The van der Waals surface area contributed by atoms with Gasteiger partial charge >= 0.3 is 11.9 Å². The molecule has 0 radical (unpaired) electrons. The monoisotopic (exact) mass is 1220 g/mol. The highest BCUT2D eigenvalue weighted by Crippen LogP contribution is 2.50. The number of allylic oxidation sites excluding steroid dienone is 2. The SMILES string of the molecule is CCOc1ncc(C)c2c1C(c1ccc(C#N)cc1OC)C(C(=O)O)=C(C)N2.CCOc1ncc(C)c2c1C(c1ccc(C#N)cc1OC)C(C(=O)OCCC#N)=C(C)N2.CI.ICI. The van der Waals surface area contributed by atoms with Gasteiger partial charge in [-0.3, -0.25) is 0 Å². The lowest BCUT2D eigenvalue weighted by Gasteiger charge is -2.32. The van der Waals surface area contributed by atoms with Gasteiger partial charge in [0.05, 0.1) is 111 Å². The van der Waals surface area contributed by atoms with E-state index >= 15 is 0 Å². The van der Waals surface area contributed by atoms with Crippen LogP contribution in [-0.4, -0.2) is 68.4 Å². The van der Waals surface area contributed by atoms with Gasteiger partial charge in [-0.1, -0.05) is 79.9 Å². The predicted octanol–water partition coefficient (Wildman–Crippen LogP) is 10.4. The van der Waals surface area contributed by atoms with Crippen molar-refractivity contribution in [1.29, 1.82) is 15.8 Å². The molecule has 342 valence electrons. The van der Waals surface area contributed by atoms with Crippen molar-refractivity contribution in [2.45, 2.75) is 59.8 Å². The quantitative estimate of drug-likeness (QED) is 0.0520. The number of pyridine rings is 2. The number of benzene rings is 2. The van der Waals surface area contributed by atoms with Crippen molar-refractivity contribution in [2.24, 2.45) is 0 Å². The number of aliphatic carboxylic acids is 1. The zero-order chi connectivity index (χ0) is 48.4. The Bertz CT molecular complexity index is 2560. The Kier molecular flexibility index (Phi) is 22.0. The highest BCUT2D eigenvalue weighted by Gasteiger charge is 2.40. The van der Waals surface area contributed by atoms with Crippen molar-refractivity contribution in [3.63, 3.8) is 0 Å². The van der Waals surface area contributed by atoms with Crippen molar-refractivity contribution in [3.05, 3.63) is 116 Å². The Balaban J connectivity index is 0.000000316. The van der Waals surface area contributed by atoms with Crippen LogP contribution in [0.2, 0.25) is 0 Å². The van der Waals surface area contributed by atoms with E-state index in [2.05, 4.69) is 101 Å². The molecule has 0 bridgehead atoms. The fourth-order valence-corrected chi connectivity index (χ4v) is 7.30. The summed E-state index contributed by atoms with van der Waals surface area (Å²) in [5, 5.41) is 43.8. The van der Waals surface area contributed by atoms with E-state index in [9.17, 15) is 25.2 Å². The van der Waals surface area contributed by atoms with Crippen LogP contribution < -0.4 is 29.6 Å². The van der Waals surface area contributed by atoms with E-state index in [-0.39, 0.29) is 18.6 Å². The minimum Gasteiger partial charge on any atom is -0.496 e. The van der Waals surface area contributed by atoms with E-state index in [4.69, 9.17) is 28.9 Å². The average Bonchev–Trinajstić information content (AvgIpc) is 3.31. The minimum atomic E-state index is -1.05. The lowest BCUT2D eigenvalue weighted by atomic mass is 9.79. The number of anilines is 2. The normalized spacial score (nSPS) is 14.1. The van der Waals surface area contributed by atoms with E-state index in [1.54, 1.807) is 62.6 Å². The number of hydrogen-bond donors (Lipinski definition) is 3. The van der Waals surface area contributed by atoms with Gasteiger partial charge in [0.15, 0.2) is 0 Å². The molecule has 2 unspecified atom stereocenters. The number of fused-ring (bicyclic) bond motifs is 2. The first-order valence-corrected chi connectivity index (χ1v) is 25.1. The van der Waals surface area contributed by atoms with Crippen LogP contribution in [0.4, 0.5) is 11.4 Å². The number of halogens is 3. The van der Waals surface area contributed by atoms with Crippen molar-refractivity contribution in [3.8, 4) is 41.5 Å². The molecule has 2 aliphatic heterocycles. The molecule has 0 spiro atoms. The summed E-state index contributed by atoms with van der Waals surface area (Å²) in [6.45, 7) is 11.8. The lowest BCUT2D eigenvalue weighted by Crippen LogP contribution is -2.26. The topological polar surface area (TPSA) is 222 Å². The van der Waals surface area contributed by atoms with Crippen LogP contribution in [0.3, 0.4) is 0 Å². The number of nitriles is 3. The third-order valence-electron chi connectivity index (χ3n) is 9.93. The number of aryl methyl sites for hydroxylation is 2. The molecular weight excluding hydrogens is 1170 g/mol. The number of hydrogen-bond acceptors (Lipinski definition) is 14. The van der Waals surface area contributed by atoms with Crippen molar-refractivity contribution >= 4 is 91.1 Å². The highest BCUT2D eigenvalue weighted by molar-refractivity contribution is 14.2. The molecule has 2 atom stereocenters. The van der Waals surface area contributed by atoms with Gasteiger partial charge in [0.25, 0.3) is 0 Å². The van der Waals surface area contributed by atoms with E-state index in [0.29, 0.717) is 86.8 Å². The second-order valence-electron chi connectivity index (χ2n) is 13.7. The van der Waals surface area contributed by atoms with E-state index < -0.39 is 23.8 Å². The third-order valence-corrected chi connectivity index (χ3v) is 9.93. The van der Waals surface area contributed by atoms with Crippen molar-refractivity contribution in [1.82, 2.24) is 9.97 Å². The van der Waals surface area contributed by atoms with Gasteiger partial charge in [-0.2, -0.15) is 15.8 Å². The molecule has 65 heavy (non-hydrogen) atoms. The third kappa shape index (κ3) is 12.7. The first-order valence-electron chi connectivity index (χ1n) is 19.9. The Morgan fingerprint density at radius 2 is 1.15 bits per heavy atom. The predicted molar refractivity (Wildman–Crippen MR) is 274 cm³/mol. The number of rotatable bonds is 12. The molecule has 15 nitrogen and oxygen atoms in total. The summed E-state index contributed by atoms with van der Waals surface area (Å²) in [4.78, 5) is 36.2. The first-order chi connectivity index (χ1) is 31.3.